The Morgan fingerprint density at radius 1 is 0.889 bits per heavy atom. The summed E-state index contributed by atoms with van der Waals surface area (Å²) in [5.74, 6) is -2.40. The van der Waals surface area contributed by atoms with E-state index in [1.807, 2.05) is 0 Å². The molecular formula is C14H12F3N. The molecule has 0 radical (unpaired) electrons. The molecule has 1 unspecified atom stereocenters. The van der Waals surface area contributed by atoms with Crippen LogP contribution in [0.15, 0.2) is 36.4 Å². The monoisotopic (exact) mass is 251 g/mol. The van der Waals surface area contributed by atoms with Crippen LogP contribution in [0.4, 0.5) is 13.2 Å². The second-order valence-electron chi connectivity index (χ2n) is 4.18. The zero-order valence-electron chi connectivity index (χ0n) is 9.75. The van der Waals surface area contributed by atoms with Gasteiger partial charge in [0.15, 0.2) is 11.6 Å². The SMILES string of the molecule is Cc1ccc(F)c(C(N)c2ccc(F)c(F)c2)c1. The second kappa shape index (κ2) is 4.82. The standard InChI is InChI=1S/C14H12F3N/c1-8-2-4-11(15)10(6-8)14(18)9-3-5-12(16)13(17)7-9/h2-7,14H,18H2,1H3. The van der Waals surface area contributed by atoms with Crippen molar-refractivity contribution in [3.05, 3.63) is 70.5 Å². The van der Waals surface area contributed by atoms with Gasteiger partial charge >= 0.3 is 0 Å². The van der Waals surface area contributed by atoms with E-state index in [4.69, 9.17) is 5.73 Å². The van der Waals surface area contributed by atoms with E-state index < -0.39 is 23.5 Å². The van der Waals surface area contributed by atoms with Crippen molar-refractivity contribution in [1.29, 1.82) is 0 Å². The quantitative estimate of drug-likeness (QED) is 0.869. The van der Waals surface area contributed by atoms with Crippen molar-refractivity contribution >= 4 is 0 Å². The molecule has 0 heterocycles. The summed E-state index contributed by atoms with van der Waals surface area (Å²) in [5.41, 5.74) is 7.32. The molecule has 2 aromatic rings. The van der Waals surface area contributed by atoms with Crippen LogP contribution >= 0.6 is 0 Å². The van der Waals surface area contributed by atoms with Gasteiger partial charge in [0.2, 0.25) is 0 Å². The fourth-order valence-corrected chi connectivity index (χ4v) is 1.79. The van der Waals surface area contributed by atoms with E-state index in [-0.39, 0.29) is 5.56 Å². The topological polar surface area (TPSA) is 26.0 Å². The fraction of sp³-hybridized carbons (Fsp3) is 0.143. The molecule has 18 heavy (non-hydrogen) atoms. The summed E-state index contributed by atoms with van der Waals surface area (Å²) in [7, 11) is 0. The third-order valence-corrected chi connectivity index (χ3v) is 2.79. The van der Waals surface area contributed by atoms with E-state index in [9.17, 15) is 13.2 Å². The summed E-state index contributed by atoms with van der Waals surface area (Å²) in [6.45, 7) is 1.81. The normalized spacial score (nSPS) is 12.5. The first kappa shape index (κ1) is 12.6. The predicted octanol–water partition coefficient (Wildman–Crippen LogP) is 3.46. The van der Waals surface area contributed by atoms with Gasteiger partial charge in [-0.05, 0) is 30.7 Å². The van der Waals surface area contributed by atoms with Crippen LogP contribution in [-0.2, 0) is 0 Å². The van der Waals surface area contributed by atoms with Crippen molar-refractivity contribution in [3.63, 3.8) is 0 Å². The number of hydrogen-bond acceptors (Lipinski definition) is 1. The lowest BCUT2D eigenvalue weighted by atomic mass is 9.97. The largest absolute Gasteiger partial charge is 0.320 e. The summed E-state index contributed by atoms with van der Waals surface area (Å²) in [4.78, 5) is 0. The first-order valence-corrected chi connectivity index (χ1v) is 5.45. The third kappa shape index (κ3) is 2.38. The molecule has 0 aromatic heterocycles. The molecule has 0 spiro atoms. The van der Waals surface area contributed by atoms with Crippen LogP contribution in [0.2, 0.25) is 0 Å². The Labute approximate surface area is 103 Å². The lowest BCUT2D eigenvalue weighted by Gasteiger charge is -2.14. The van der Waals surface area contributed by atoms with Crippen molar-refractivity contribution in [1.82, 2.24) is 0 Å². The van der Waals surface area contributed by atoms with Gasteiger partial charge in [-0.25, -0.2) is 13.2 Å². The number of aryl methyl sites for hydroxylation is 1. The Balaban J connectivity index is 2.44. The summed E-state index contributed by atoms with van der Waals surface area (Å²) in [6.07, 6.45) is 0. The minimum absolute atomic E-state index is 0.265. The van der Waals surface area contributed by atoms with Crippen LogP contribution < -0.4 is 5.73 Å². The number of halogens is 3. The van der Waals surface area contributed by atoms with E-state index in [0.29, 0.717) is 5.56 Å². The lowest BCUT2D eigenvalue weighted by molar-refractivity contribution is 0.506. The Morgan fingerprint density at radius 2 is 1.56 bits per heavy atom. The number of benzene rings is 2. The van der Waals surface area contributed by atoms with E-state index >= 15 is 0 Å². The molecule has 4 heteroatoms. The molecule has 94 valence electrons. The highest BCUT2D eigenvalue weighted by atomic mass is 19.2. The van der Waals surface area contributed by atoms with Gasteiger partial charge in [0, 0.05) is 5.56 Å². The minimum Gasteiger partial charge on any atom is -0.320 e. The van der Waals surface area contributed by atoms with Crippen LogP contribution in [-0.4, -0.2) is 0 Å². The predicted molar refractivity (Wildman–Crippen MR) is 63.5 cm³/mol. The summed E-state index contributed by atoms with van der Waals surface area (Å²) < 4.78 is 39.6. The third-order valence-electron chi connectivity index (χ3n) is 2.79. The number of hydrogen-bond donors (Lipinski definition) is 1. The zero-order chi connectivity index (χ0) is 13.3. The summed E-state index contributed by atoms with van der Waals surface area (Å²) in [5, 5.41) is 0. The second-order valence-corrected chi connectivity index (χ2v) is 4.18. The highest BCUT2D eigenvalue weighted by Gasteiger charge is 2.15. The molecule has 0 aliphatic rings. The van der Waals surface area contributed by atoms with Gasteiger partial charge in [0.05, 0.1) is 6.04 Å². The maximum atomic E-state index is 13.6. The van der Waals surface area contributed by atoms with Gasteiger partial charge in [-0.3, -0.25) is 0 Å². The van der Waals surface area contributed by atoms with Crippen molar-refractivity contribution in [2.75, 3.05) is 0 Å². The molecule has 0 amide bonds. The number of rotatable bonds is 2. The smallest absolute Gasteiger partial charge is 0.159 e. The van der Waals surface area contributed by atoms with Gasteiger partial charge in [0.25, 0.3) is 0 Å². The molecule has 0 bridgehead atoms. The molecule has 0 aliphatic carbocycles. The molecule has 0 saturated heterocycles. The van der Waals surface area contributed by atoms with E-state index in [1.54, 1.807) is 19.1 Å². The van der Waals surface area contributed by atoms with Crippen LogP contribution in [0.1, 0.15) is 22.7 Å². The average Bonchev–Trinajstić information content (AvgIpc) is 2.35. The highest BCUT2D eigenvalue weighted by molar-refractivity contribution is 5.35. The molecule has 1 atom stereocenters. The first-order chi connectivity index (χ1) is 8.49. The summed E-state index contributed by atoms with van der Waals surface area (Å²) in [6, 6.07) is 7.04. The maximum absolute atomic E-state index is 13.6. The first-order valence-electron chi connectivity index (χ1n) is 5.45. The molecule has 0 saturated carbocycles. The van der Waals surface area contributed by atoms with Crippen molar-refractivity contribution < 1.29 is 13.2 Å². The molecule has 2 aromatic carbocycles. The summed E-state index contributed by atoms with van der Waals surface area (Å²) >= 11 is 0. The van der Waals surface area contributed by atoms with Crippen LogP contribution in [0.25, 0.3) is 0 Å². The van der Waals surface area contributed by atoms with Gasteiger partial charge in [-0.1, -0.05) is 23.8 Å². The molecule has 2 N–H and O–H groups in total. The van der Waals surface area contributed by atoms with Crippen LogP contribution in [0.5, 0.6) is 0 Å². The fourth-order valence-electron chi connectivity index (χ4n) is 1.79. The minimum atomic E-state index is -0.990. The molecule has 0 fully saturated rings. The van der Waals surface area contributed by atoms with Gasteiger partial charge in [-0.2, -0.15) is 0 Å². The molecular weight excluding hydrogens is 239 g/mol. The van der Waals surface area contributed by atoms with Crippen LogP contribution in [0, 0.1) is 24.4 Å². The Morgan fingerprint density at radius 3 is 2.22 bits per heavy atom. The van der Waals surface area contributed by atoms with Crippen molar-refractivity contribution in [2.24, 2.45) is 5.73 Å². The lowest BCUT2D eigenvalue weighted by Crippen LogP contribution is -2.14. The average molecular weight is 251 g/mol. The van der Waals surface area contributed by atoms with Gasteiger partial charge in [0.1, 0.15) is 5.82 Å². The van der Waals surface area contributed by atoms with Crippen molar-refractivity contribution in [3.8, 4) is 0 Å². The Bertz CT molecular complexity index is 581. The molecule has 0 aliphatic heterocycles. The zero-order valence-corrected chi connectivity index (χ0v) is 9.75. The van der Waals surface area contributed by atoms with Gasteiger partial charge in [-0.15, -0.1) is 0 Å². The van der Waals surface area contributed by atoms with Crippen LogP contribution in [0.3, 0.4) is 0 Å². The number of nitrogens with two attached hydrogens (primary N) is 1. The molecule has 2 rings (SSSR count). The van der Waals surface area contributed by atoms with Crippen molar-refractivity contribution in [2.45, 2.75) is 13.0 Å². The van der Waals surface area contributed by atoms with E-state index in [2.05, 4.69) is 0 Å². The highest BCUT2D eigenvalue weighted by Crippen LogP contribution is 2.24. The molecule has 1 nitrogen and oxygen atoms in total. The van der Waals surface area contributed by atoms with E-state index in [1.165, 1.54) is 12.1 Å². The van der Waals surface area contributed by atoms with Gasteiger partial charge < -0.3 is 5.73 Å². The van der Waals surface area contributed by atoms with E-state index in [0.717, 1.165) is 17.7 Å². The Hall–Kier alpha value is -1.81. The maximum Gasteiger partial charge on any atom is 0.159 e. The Kier molecular flexibility index (Phi) is 3.39.